The van der Waals surface area contributed by atoms with Crippen molar-refractivity contribution in [2.45, 2.75) is 57.9 Å². The molecule has 3 nitrogen and oxygen atoms in total. The van der Waals surface area contributed by atoms with Gasteiger partial charge >= 0.3 is 0 Å². The van der Waals surface area contributed by atoms with Crippen molar-refractivity contribution in [2.75, 3.05) is 13.1 Å². The van der Waals surface area contributed by atoms with Gasteiger partial charge in [-0.3, -0.25) is 4.79 Å². The van der Waals surface area contributed by atoms with Crippen LogP contribution in [-0.2, 0) is 4.79 Å². The molecule has 2 N–H and O–H groups in total. The van der Waals surface area contributed by atoms with E-state index in [1.54, 1.807) is 0 Å². The molecule has 0 radical (unpaired) electrons. The first-order valence-corrected chi connectivity index (χ1v) is 8.26. The predicted octanol–water partition coefficient (Wildman–Crippen LogP) is 2.32. The lowest BCUT2D eigenvalue weighted by molar-refractivity contribution is -0.121. The molecule has 4 aliphatic rings. The summed E-state index contributed by atoms with van der Waals surface area (Å²) in [5.74, 6) is 4.10. The van der Waals surface area contributed by atoms with E-state index in [0.717, 1.165) is 43.2 Å². The summed E-state index contributed by atoms with van der Waals surface area (Å²) in [4.78, 5) is 11.6. The van der Waals surface area contributed by atoms with Gasteiger partial charge in [-0.15, -0.1) is 0 Å². The Balaban J connectivity index is 1.42. The van der Waals surface area contributed by atoms with Crippen LogP contribution in [0.25, 0.3) is 0 Å². The molecule has 4 aliphatic carbocycles. The highest BCUT2D eigenvalue weighted by molar-refractivity contribution is 5.75. The number of hydrogen-bond donors (Lipinski definition) is 2. The minimum absolute atomic E-state index is 0.207. The van der Waals surface area contributed by atoms with Crippen LogP contribution >= 0.6 is 0 Å². The molecular weight excluding hydrogens is 236 g/mol. The molecule has 0 aromatic rings. The number of amides is 1. The van der Waals surface area contributed by atoms with Gasteiger partial charge in [-0.25, -0.2) is 0 Å². The summed E-state index contributed by atoms with van der Waals surface area (Å²) < 4.78 is 0. The first-order valence-electron chi connectivity index (χ1n) is 8.26. The van der Waals surface area contributed by atoms with Gasteiger partial charge in [0, 0.05) is 25.6 Å². The van der Waals surface area contributed by atoms with E-state index in [9.17, 15) is 4.79 Å². The van der Waals surface area contributed by atoms with E-state index in [2.05, 4.69) is 17.6 Å². The normalized spacial score (nSPS) is 39.5. The fourth-order valence-corrected chi connectivity index (χ4v) is 4.96. The maximum absolute atomic E-state index is 11.6. The van der Waals surface area contributed by atoms with Gasteiger partial charge in [-0.1, -0.05) is 6.92 Å². The Kier molecular flexibility index (Phi) is 4.11. The lowest BCUT2D eigenvalue weighted by Gasteiger charge is -2.54. The second-order valence-corrected chi connectivity index (χ2v) is 7.01. The molecule has 1 amide bonds. The average Bonchev–Trinajstić information content (AvgIpc) is 2.38. The molecule has 0 spiro atoms. The van der Waals surface area contributed by atoms with E-state index in [0.29, 0.717) is 12.5 Å². The van der Waals surface area contributed by atoms with Crippen LogP contribution in [0.3, 0.4) is 0 Å². The third-order valence-corrected chi connectivity index (χ3v) is 5.53. The van der Waals surface area contributed by atoms with Crippen molar-refractivity contribution >= 4 is 5.91 Å². The maximum atomic E-state index is 11.6. The monoisotopic (exact) mass is 264 g/mol. The van der Waals surface area contributed by atoms with E-state index in [1.807, 2.05) is 0 Å². The third kappa shape index (κ3) is 2.96. The molecule has 0 atom stereocenters. The van der Waals surface area contributed by atoms with Gasteiger partial charge in [0.15, 0.2) is 0 Å². The van der Waals surface area contributed by atoms with Crippen LogP contribution in [0, 0.1) is 23.7 Å². The number of hydrogen-bond acceptors (Lipinski definition) is 2. The SMILES string of the molecule is CCCNC(=O)CCNC1C2CC3CC(C2)CC1C3. The third-order valence-electron chi connectivity index (χ3n) is 5.53. The lowest BCUT2D eigenvalue weighted by atomic mass is 9.54. The smallest absolute Gasteiger partial charge is 0.221 e. The molecule has 108 valence electrons. The summed E-state index contributed by atoms with van der Waals surface area (Å²) in [6.45, 7) is 3.77. The van der Waals surface area contributed by atoms with Crippen LogP contribution in [0.15, 0.2) is 0 Å². The van der Waals surface area contributed by atoms with Crippen LogP contribution < -0.4 is 10.6 Å². The molecule has 0 unspecified atom stereocenters. The predicted molar refractivity (Wildman–Crippen MR) is 76.8 cm³/mol. The van der Waals surface area contributed by atoms with Gasteiger partial charge in [0.25, 0.3) is 0 Å². The summed E-state index contributed by atoms with van der Waals surface area (Å²) in [5.41, 5.74) is 0. The van der Waals surface area contributed by atoms with Crippen molar-refractivity contribution < 1.29 is 4.79 Å². The van der Waals surface area contributed by atoms with E-state index in [4.69, 9.17) is 0 Å². The van der Waals surface area contributed by atoms with Crippen LogP contribution in [0.1, 0.15) is 51.9 Å². The number of carbonyl (C=O) groups excluding carboxylic acids is 1. The van der Waals surface area contributed by atoms with Crippen LogP contribution in [-0.4, -0.2) is 25.0 Å². The Labute approximate surface area is 116 Å². The first-order chi connectivity index (χ1) is 9.26. The van der Waals surface area contributed by atoms with Crippen molar-refractivity contribution in [1.82, 2.24) is 10.6 Å². The molecule has 3 heteroatoms. The Morgan fingerprint density at radius 1 is 1.00 bits per heavy atom. The first kappa shape index (κ1) is 13.4. The minimum atomic E-state index is 0.207. The Morgan fingerprint density at radius 3 is 2.21 bits per heavy atom. The second kappa shape index (κ2) is 5.82. The van der Waals surface area contributed by atoms with E-state index in [-0.39, 0.29) is 5.91 Å². The van der Waals surface area contributed by atoms with Crippen LogP contribution in [0.4, 0.5) is 0 Å². The summed E-state index contributed by atoms with van der Waals surface area (Å²) in [7, 11) is 0. The largest absolute Gasteiger partial charge is 0.356 e. The molecule has 4 bridgehead atoms. The summed E-state index contributed by atoms with van der Waals surface area (Å²) in [6.07, 6.45) is 8.98. The maximum Gasteiger partial charge on any atom is 0.221 e. The highest BCUT2D eigenvalue weighted by Crippen LogP contribution is 2.53. The van der Waals surface area contributed by atoms with Crippen molar-refractivity contribution in [3.8, 4) is 0 Å². The van der Waals surface area contributed by atoms with Gasteiger partial charge < -0.3 is 10.6 Å². The molecule has 4 saturated carbocycles. The molecule has 4 rings (SSSR count). The molecular formula is C16H28N2O. The van der Waals surface area contributed by atoms with Gasteiger partial charge in [-0.05, 0) is 62.2 Å². The Hall–Kier alpha value is -0.570. The van der Waals surface area contributed by atoms with Crippen molar-refractivity contribution in [1.29, 1.82) is 0 Å². The number of nitrogens with one attached hydrogen (secondary N) is 2. The van der Waals surface area contributed by atoms with Gasteiger partial charge in [0.05, 0.1) is 0 Å². The zero-order valence-corrected chi connectivity index (χ0v) is 12.2. The fraction of sp³-hybridized carbons (Fsp3) is 0.938. The molecule has 0 aromatic carbocycles. The van der Waals surface area contributed by atoms with E-state index >= 15 is 0 Å². The number of rotatable bonds is 6. The topological polar surface area (TPSA) is 41.1 Å². The summed E-state index contributed by atoms with van der Waals surface area (Å²) in [6, 6.07) is 0.715. The molecule has 0 aromatic heterocycles. The van der Waals surface area contributed by atoms with Crippen LogP contribution in [0.5, 0.6) is 0 Å². The molecule has 19 heavy (non-hydrogen) atoms. The highest BCUT2D eigenvalue weighted by Gasteiger charge is 2.47. The quantitative estimate of drug-likeness (QED) is 0.773. The lowest BCUT2D eigenvalue weighted by Crippen LogP contribution is -2.54. The molecule has 0 aliphatic heterocycles. The van der Waals surface area contributed by atoms with Gasteiger partial charge in [0.2, 0.25) is 5.91 Å². The van der Waals surface area contributed by atoms with E-state index < -0.39 is 0 Å². The molecule has 0 saturated heterocycles. The average molecular weight is 264 g/mol. The second-order valence-electron chi connectivity index (χ2n) is 7.01. The van der Waals surface area contributed by atoms with Crippen molar-refractivity contribution in [3.63, 3.8) is 0 Å². The molecule has 4 fully saturated rings. The van der Waals surface area contributed by atoms with Gasteiger partial charge in [-0.2, -0.15) is 0 Å². The van der Waals surface area contributed by atoms with E-state index in [1.165, 1.54) is 32.1 Å². The Bertz CT molecular complexity index is 301. The Morgan fingerprint density at radius 2 is 1.63 bits per heavy atom. The zero-order chi connectivity index (χ0) is 13.2. The van der Waals surface area contributed by atoms with Gasteiger partial charge in [0.1, 0.15) is 0 Å². The van der Waals surface area contributed by atoms with Crippen molar-refractivity contribution in [3.05, 3.63) is 0 Å². The standard InChI is InChI=1S/C16H28N2O/c1-2-4-17-15(19)3-5-18-16-13-7-11-6-12(9-13)10-14(16)8-11/h11-14,16,18H,2-10H2,1H3,(H,17,19). The fourth-order valence-electron chi connectivity index (χ4n) is 4.96. The van der Waals surface area contributed by atoms with Crippen LogP contribution in [0.2, 0.25) is 0 Å². The molecule has 0 heterocycles. The minimum Gasteiger partial charge on any atom is -0.356 e. The van der Waals surface area contributed by atoms with Crippen molar-refractivity contribution in [2.24, 2.45) is 23.7 Å². The summed E-state index contributed by atoms with van der Waals surface area (Å²) >= 11 is 0. The zero-order valence-electron chi connectivity index (χ0n) is 12.2. The highest BCUT2D eigenvalue weighted by atomic mass is 16.1. The summed E-state index contributed by atoms with van der Waals surface area (Å²) in [5, 5.41) is 6.67. The number of carbonyl (C=O) groups is 1.